The van der Waals surface area contributed by atoms with E-state index in [9.17, 15) is 9.59 Å². The van der Waals surface area contributed by atoms with Crippen LogP contribution in [-0.4, -0.2) is 23.4 Å². The molecule has 3 aromatic carbocycles. The minimum Gasteiger partial charge on any atom is -0.493 e. The number of hydrogen-bond acceptors (Lipinski definition) is 4. The molecule has 0 aromatic heterocycles. The topological polar surface area (TPSA) is 70.7 Å². The van der Waals surface area contributed by atoms with Crippen LogP contribution in [0.3, 0.4) is 0 Å². The summed E-state index contributed by atoms with van der Waals surface area (Å²) in [7, 11) is 0. The fourth-order valence-electron chi connectivity index (χ4n) is 4.07. The average molecular weight is 526 g/mol. The van der Waals surface area contributed by atoms with Crippen LogP contribution in [-0.2, 0) is 4.79 Å². The van der Waals surface area contributed by atoms with E-state index in [-0.39, 0.29) is 18.2 Å². The van der Waals surface area contributed by atoms with Gasteiger partial charge in [0.15, 0.2) is 0 Å². The van der Waals surface area contributed by atoms with E-state index in [2.05, 4.69) is 24.6 Å². The van der Waals surface area contributed by atoms with Gasteiger partial charge in [0.25, 0.3) is 5.91 Å². The van der Waals surface area contributed by atoms with Crippen LogP contribution in [0.15, 0.2) is 60.7 Å². The van der Waals surface area contributed by atoms with Crippen molar-refractivity contribution in [3.8, 4) is 5.75 Å². The summed E-state index contributed by atoms with van der Waals surface area (Å²) in [6.07, 6.45) is 0.112. The van der Waals surface area contributed by atoms with Gasteiger partial charge in [-0.2, -0.15) is 0 Å². The molecule has 1 atom stereocenters. The fraction of sp³-hybridized carbons (Fsp3) is 0.286. The monoisotopic (exact) mass is 525 g/mol. The Bertz CT molecular complexity index is 1260. The molecule has 188 valence electrons. The lowest BCUT2D eigenvalue weighted by Crippen LogP contribution is -2.52. The molecule has 2 N–H and O–H groups in total. The molecular formula is C28H29Cl2N3O3. The van der Waals surface area contributed by atoms with Gasteiger partial charge in [-0.3, -0.25) is 15.0 Å². The molecule has 0 spiro atoms. The van der Waals surface area contributed by atoms with Crippen LogP contribution >= 0.6 is 23.2 Å². The Labute approximate surface area is 221 Å². The molecule has 2 amide bonds. The van der Waals surface area contributed by atoms with Crippen molar-refractivity contribution in [3.63, 3.8) is 0 Å². The molecule has 3 aromatic rings. The van der Waals surface area contributed by atoms with Gasteiger partial charge in [0.1, 0.15) is 11.9 Å². The van der Waals surface area contributed by atoms with E-state index in [1.807, 2.05) is 43.3 Å². The molecule has 8 heteroatoms. The van der Waals surface area contributed by atoms with Crippen LogP contribution in [0.5, 0.6) is 5.75 Å². The number of ether oxygens (including phenoxy) is 1. The molecule has 0 radical (unpaired) electrons. The van der Waals surface area contributed by atoms with E-state index in [0.717, 1.165) is 16.9 Å². The Balaban J connectivity index is 1.46. The maximum atomic E-state index is 13.4. The van der Waals surface area contributed by atoms with Crippen LogP contribution in [0.1, 0.15) is 65.8 Å². The van der Waals surface area contributed by atoms with E-state index in [4.69, 9.17) is 27.9 Å². The first-order valence-corrected chi connectivity index (χ1v) is 12.7. The quantitative estimate of drug-likeness (QED) is 0.314. The number of aryl methyl sites for hydroxylation is 1. The zero-order chi connectivity index (χ0) is 25.8. The van der Waals surface area contributed by atoms with Gasteiger partial charge in [-0.1, -0.05) is 61.3 Å². The molecule has 4 rings (SSSR count). The largest absolute Gasteiger partial charge is 0.493 e. The van der Waals surface area contributed by atoms with Gasteiger partial charge in [0.05, 0.1) is 12.2 Å². The molecule has 1 aliphatic heterocycles. The molecule has 1 heterocycles. The van der Waals surface area contributed by atoms with E-state index in [1.165, 1.54) is 10.6 Å². The van der Waals surface area contributed by atoms with Crippen molar-refractivity contribution in [3.05, 3.63) is 93.0 Å². The first kappa shape index (κ1) is 25.9. The maximum absolute atomic E-state index is 13.4. The highest BCUT2D eigenvalue weighted by Gasteiger charge is 2.34. The number of hydrogen-bond donors (Lipinski definition) is 2. The van der Waals surface area contributed by atoms with Crippen LogP contribution in [0, 0.1) is 6.92 Å². The van der Waals surface area contributed by atoms with Gasteiger partial charge in [0, 0.05) is 22.2 Å². The van der Waals surface area contributed by atoms with Crippen molar-refractivity contribution in [2.75, 3.05) is 11.9 Å². The summed E-state index contributed by atoms with van der Waals surface area (Å²) < 4.78 is 5.79. The molecule has 1 aliphatic rings. The summed E-state index contributed by atoms with van der Waals surface area (Å²) in [5.41, 5.74) is 6.85. The zero-order valence-corrected chi connectivity index (χ0v) is 22.0. The Morgan fingerprint density at radius 2 is 1.75 bits per heavy atom. The van der Waals surface area contributed by atoms with Crippen molar-refractivity contribution in [1.29, 1.82) is 0 Å². The highest BCUT2D eigenvalue weighted by atomic mass is 35.5. The van der Waals surface area contributed by atoms with E-state index in [1.54, 1.807) is 24.3 Å². The molecule has 36 heavy (non-hydrogen) atoms. The molecule has 0 bridgehead atoms. The highest BCUT2D eigenvalue weighted by Crippen LogP contribution is 2.34. The molecule has 0 aliphatic carbocycles. The van der Waals surface area contributed by atoms with Crippen molar-refractivity contribution < 1.29 is 14.3 Å². The first-order valence-electron chi connectivity index (χ1n) is 11.9. The Morgan fingerprint density at radius 1 is 1.06 bits per heavy atom. The van der Waals surface area contributed by atoms with Crippen LogP contribution < -0.4 is 15.5 Å². The van der Waals surface area contributed by atoms with Crippen LogP contribution in [0.4, 0.5) is 5.69 Å². The third-order valence-corrected chi connectivity index (χ3v) is 6.56. The van der Waals surface area contributed by atoms with Gasteiger partial charge in [-0.05, 0) is 72.4 Å². The number of hydrazine groups is 1. The maximum Gasteiger partial charge on any atom is 0.276 e. The minimum absolute atomic E-state index is 0.192. The minimum atomic E-state index is -0.565. The van der Waals surface area contributed by atoms with Gasteiger partial charge in [-0.25, -0.2) is 5.01 Å². The summed E-state index contributed by atoms with van der Waals surface area (Å²) in [4.78, 5) is 26.3. The normalized spacial score (nSPS) is 14.9. The molecule has 0 saturated heterocycles. The van der Waals surface area contributed by atoms with Gasteiger partial charge in [0.2, 0.25) is 5.91 Å². The number of benzene rings is 3. The molecular weight excluding hydrogens is 497 g/mol. The summed E-state index contributed by atoms with van der Waals surface area (Å²) in [6.45, 7) is 6.53. The van der Waals surface area contributed by atoms with Crippen LogP contribution in [0.25, 0.3) is 0 Å². The first-order chi connectivity index (χ1) is 17.2. The molecule has 1 unspecified atom stereocenters. The van der Waals surface area contributed by atoms with Gasteiger partial charge in [-0.15, -0.1) is 0 Å². The molecule has 6 nitrogen and oxygen atoms in total. The van der Waals surface area contributed by atoms with Crippen LogP contribution in [0.2, 0.25) is 10.0 Å². The Kier molecular flexibility index (Phi) is 8.07. The lowest BCUT2D eigenvalue weighted by atomic mass is 9.99. The number of halogens is 2. The smallest absolute Gasteiger partial charge is 0.276 e. The lowest BCUT2D eigenvalue weighted by Gasteiger charge is -2.38. The summed E-state index contributed by atoms with van der Waals surface area (Å²) >= 11 is 12.1. The SMILES string of the molecule is Cc1cc(Cl)ccc1OCCCC(=O)NN1C(=O)c2cc(Cl)ccc2NC1c1ccc(C(C)C)cc1. The average Bonchev–Trinajstić information content (AvgIpc) is 2.85. The third-order valence-electron chi connectivity index (χ3n) is 6.09. The number of amides is 2. The predicted molar refractivity (Wildman–Crippen MR) is 144 cm³/mol. The van der Waals surface area contributed by atoms with Gasteiger partial charge >= 0.3 is 0 Å². The molecule has 0 saturated carbocycles. The van der Waals surface area contributed by atoms with Crippen molar-refractivity contribution in [2.45, 2.75) is 45.7 Å². The van der Waals surface area contributed by atoms with Gasteiger partial charge < -0.3 is 10.1 Å². The van der Waals surface area contributed by atoms with Crippen molar-refractivity contribution >= 4 is 40.7 Å². The fourth-order valence-corrected chi connectivity index (χ4v) is 4.47. The second kappa shape index (κ2) is 11.2. The number of carbonyl (C=O) groups excluding carboxylic acids is 2. The number of anilines is 1. The summed E-state index contributed by atoms with van der Waals surface area (Å²) in [5, 5.41) is 5.81. The predicted octanol–water partition coefficient (Wildman–Crippen LogP) is 6.88. The Hall–Kier alpha value is -3.22. The second-order valence-corrected chi connectivity index (χ2v) is 10.0. The van der Waals surface area contributed by atoms with E-state index in [0.29, 0.717) is 40.2 Å². The Morgan fingerprint density at radius 3 is 2.44 bits per heavy atom. The van der Waals surface area contributed by atoms with E-state index >= 15 is 0 Å². The van der Waals surface area contributed by atoms with E-state index < -0.39 is 6.17 Å². The summed E-state index contributed by atoms with van der Waals surface area (Å²) in [6, 6.07) is 18.6. The standard InChI is InChI=1S/C28H29Cl2N3O3/c1-17(2)19-6-8-20(9-7-19)27-31-24-12-10-22(30)16-23(24)28(35)33(27)32-26(34)5-4-14-36-25-13-11-21(29)15-18(25)3/h6-13,15-17,27,31H,4-5,14H2,1-3H3,(H,32,34). The highest BCUT2D eigenvalue weighted by molar-refractivity contribution is 6.31. The molecule has 0 fully saturated rings. The number of nitrogens with one attached hydrogen (secondary N) is 2. The third kappa shape index (κ3) is 5.94. The zero-order valence-electron chi connectivity index (χ0n) is 20.5. The number of fused-ring (bicyclic) bond motifs is 1. The van der Waals surface area contributed by atoms with Crippen molar-refractivity contribution in [1.82, 2.24) is 10.4 Å². The number of carbonyl (C=O) groups is 2. The second-order valence-electron chi connectivity index (χ2n) is 9.13. The summed E-state index contributed by atoms with van der Waals surface area (Å²) in [5.74, 6) is 0.507. The number of nitrogens with zero attached hydrogens (tertiary/aromatic N) is 1. The lowest BCUT2D eigenvalue weighted by molar-refractivity contribution is -0.126. The van der Waals surface area contributed by atoms with Crippen molar-refractivity contribution in [2.24, 2.45) is 0 Å². The number of rotatable bonds is 8.